The summed E-state index contributed by atoms with van der Waals surface area (Å²) in [5.74, 6) is 0.773. The highest BCUT2D eigenvalue weighted by Crippen LogP contribution is 2.37. The highest BCUT2D eigenvalue weighted by molar-refractivity contribution is 5.53. The topological polar surface area (TPSA) is 15.3 Å². The minimum Gasteiger partial charge on any atom is -0.384 e. The maximum atomic E-state index is 3.61. The van der Waals surface area contributed by atoms with Gasteiger partial charge in [0.2, 0.25) is 0 Å². The molecular weight excluding hydrogens is 244 g/mol. The third-order valence-corrected chi connectivity index (χ3v) is 5.64. The van der Waals surface area contributed by atoms with Crippen molar-refractivity contribution in [3.63, 3.8) is 0 Å². The van der Waals surface area contributed by atoms with Gasteiger partial charge in [-0.05, 0) is 55.2 Å². The fourth-order valence-electron chi connectivity index (χ4n) is 4.01. The molecule has 2 aliphatic rings. The van der Waals surface area contributed by atoms with E-state index in [1.165, 1.54) is 56.6 Å². The van der Waals surface area contributed by atoms with Crippen LogP contribution >= 0.6 is 0 Å². The Kier molecular flexibility index (Phi) is 4.02. The van der Waals surface area contributed by atoms with Gasteiger partial charge < -0.3 is 10.2 Å². The molecule has 0 amide bonds. The van der Waals surface area contributed by atoms with Crippen molar-refractivity contribution in [3.8, 4) is 0 Å². The Balaban J connectivity index is 1.58. The predicted octanol–water partition coefficient (Wildman–Crippen LogP) is 3.78. The van der Waals surface area contributed by atoms with Crippen LogP contribution in [-0.2, 0) is 6.42 Å². The number of hydrogen-bond donors (Lipinski definition) is 1. The third kappa shape index (κ3) is 2.71. The molecule has 0 aromatic heterocycles. The summed E-state index contributed by atoms with van der Waals surface area (Å²) >= 11 is 0. The van der Waals surface area contributed by atoms with E-state index in [0.29, 0.717) is 5.41 Å². The first-order chi connectivity index (χ1) is 9.74. The Morgan fingerprint density at radius 3 is 2.80 bits per heavy atom. The zero-order valence-electron chi connectivity index (χ0n) is 13.0. The first-order valence-corrected chi connectivity index (χ1v) is 8.29. The quantitative estimate of drug-likeness (QED) is 0.897. The number of fused-ring (bicyclic) bond motifs is 1. The first-order valence-electron chi connectivity index (χ1n) is 8.29. The van der Waals surface area contributed by atoms with Crippen LogP contribution in [0, 0.1) is 11.3 Å². The Bertz CT molecular complexity index is 450. The number of rotatable bonds is 4. The van der Waals surface area contributed by atoms with Crippen LogP contribution in [0.5, 0.6) is 0 Å². The van der Waals surface area contributed by atoms with Gasteiger partial charge in [-0.3, -0.25) is 0 Å². The van der Waals surface area contributed by atoms with Crippen molar-refractivity contribution in [3.05, 3.63) is 29.8 Å². The molecular formula is C18H28N2. The van der Waals surface area contributed by atoms with Crippen molar-refractivity contribution >= 4 is 5.69 Å². The molecule has 1 aromatic carbocycles. The largest absolute Gasteiger partial charge is 0.384 e. The van der Waals surface area contributed by atoms with E-state index in [1.807, 2.05) is 0 Å². The highest BCUT2D eigenvalue weighted by atomic mass is 15.2. The smallest absolute Gasteiger partial charge is 0.0372 e. The van der Waals surface area contributed by atoms with Gasteiger partial charge >= 0.3 is 0 Å². The van der Waals surface area contributed by atoms with Gasteiger partial charge in [-0.2, -0.15) is 0 Å². The van der Waals surface area contributed by atoms with E-state index < -0.39 is 0 Å². The Labute approximate surface area is 123 Å². The second kappa shape index (κ2) is 5.77. The van der Waals surface area contributed by atoms with E-state index in [9.17, 15) is 0 Å². The second-order valence-corrected chi connectivity index (χ2v) is 6.80. The normalized spacial score (nSPS) is 25.2. The molecule has 2 heteroatoms. The molecule has 1 N–H and O–H groups in total. The Hall–Kier alpha value is -1.02. The monoisotopic (exact) mass is 272 g/mol. The van der Waals surface area contributed by atoms with Gasteiger partial charge in [-0.15, -0.1) is 0 Å². The molecule has 110 valence electrons. The van der Waals surface area contributed by atoms with Gasteiger partial charge in [-0.1, -0.05) is 32.0 Å². The number of anilines is 1. The summed E-state index contributed by atoms with van der Waals surface area (Å²) in [6.45, 7) is 9.76. The number of likely N-dealkylation sites (tertiary alicyclic amines) is 1. The molecule has 2 heterocycles. The fraction of sp³-hybridized carbons (Fsp3) is 0.667. The zero-order valence-corrected chi connectivity index (χ0v) is 13.0. The van der Waals surface area contributed by atoms with E-state index in [2.05, 4.69) is 48.3 Å². The molecule has 0 spiro atoms. The fourth-order valence-corrected chi connectivity index (χ4v) is 4.01. The summed E-state index contributed by atoms with van der Waals surface area (Å²) in [6.07, 6.45) is 5.32. The summed E-state index contributed by atoms with van der Waals surface area (Å²) in [5.41, 5.74) is 3.46. The molecule has 2 aliphatic heterocycles. The Morgan fingerprint density at radius 1 is 1.25 bits per heavy atom. The summed E-state index contributed by atoms with van der Waals surface area (Å²) in [7, 11) is 0. The van der Waals surface area contributed by atoms with Gasteiger partial charge in [0.25, 0.3) is 0 Å². The van der Waals surface area contributed by atoms with Gasteiger partial charge in [-0.25, -0.2) is 0 Å². The molecule has 1 atom stereocenters. The standard InChI is InChI=1S/C18H28N2/c1-3-18(4-2)9-10-20(14-18)13-15-11-16-7-5-6-8-17(16)19-12-15/h5-8,15,19H,3-4,9-14H2,1-2H3. The maximum Gasteiger partial charge on any atom is 0.0372 e. The lowest BCUT2D eigenvalue weighted by Crippen LogP contribution is -2.36. The van der Waals surface area contributed by atoms with Gasteiger partial charge in [0, 0.05) is 25.3 Å². The SMILES string of the molecule is CCC1(CC)CCN(CC2CNc3ccccc3C2)C1. The van der Waals surface area contributed by atoms with Crippen molar-refractivity contribution in [2.45, 2.75) is 39.5 Å². The van der Waals surface area contributed by atoms with Gasteiger partial charge in [0.15, 0.2) is 0 Å². The predicted molar refractivity (Wildman–Crippen MR) is 86.2 cm³/mol. The molecule has 3 rings (SSSR count). The third-order valence-electron chi connectivity index (χ3n) is 5.64. The second-order valence-electron chi connectivity index (χ2n) is 6.80. The van der Waals surface area contributed by atoms with Crippen LogP contribution < -0.4 is 5.32 Å². The zero-order chi connectivity index (χ0) is 14.0. The lowest BCUT2D eigenvalue weighted by Gasteiger charge is -2.31. The van der Waals surface area contributed by atoms with Crippen LogP contribution in [0.4, 0.5) is 5.69 Å². The molecule has 0 saturated carbocycles. The van der Waals surface area contributed by atoms with Gasteiger partial charge in [0.1, 0.15) is 0 Å². The Morgan fingerprint density at radius 2 is 2.05 bits per heavy atom. The van der Waals surface area contributed by atoms with E-state index in [1.54, 1.807) is 0 Å². The molecule has 0 radical (unpaired) electrons. The van der Waals surface area contributed by atoms with Crippen molar-refractivity contribution in [1.82, 2.24) is 4.90 Å². The van der Waals surface area contributed by atoms with Crippen LogP contribution in [0.15, 0.2) is 24.3 Å². The average molecular weight is 272 g/mol. The molecule has 20 heavy (non-hydrogen) atoms. The first kappa shape index (κ1) is 13.9. The molecule has 1 saturated heterocycles. The van der Waals surface area contributed by atoms with Crippen molar-refractivity contribution in [2.24, 2.45) is 11.3 Å². The average Bonchev–Trinajstić information content (AvgIpc) is 2.91. The lowest BCUT2D eigenvalue weighted by molar-refractivity contribution is 0.219. The van der Waals surface area contributed by atoms with Crippen LogP contribution in [0.1, 0.15) is 38.7 Å². The summed E-state index contributed by atoms with van der Waals surface area (Å²) in [6, 6.07) is 8.78. The molecule has 1 aromatic rings. The number of para-hydroxylation sites is 1. The molecule has 0 aliphatic carbocycles. The van der Waals surface area contributed by atoms with Crippen molar-refractivity contribution in [2.75, 3.05) is 31.5 Å². The number of benzene rings is 1. The maximum absolute atomic E-state index is 3.61. The molecule has 1 unspecified atom stereocenters. The van der Waals surface area contributed by atoms with Gasteiger partial charge in [0.05, 0.1) is 0 Å². The van der Waals surface area contributed by atoms with Crippen molar-refractivity contribution < 1.29 is 0 Å². The molecule has 0 bridgehead atoms. The summed E-state index contributed by atoms with van der Waals surface area (Å²) in [4.78, 5) is 2.72. The molecule has 1 fully saturated rings. The van der Waals surface area contributed by atoms with Crippen molar-refractivity contribution in [1.29, 1.82) is 0 Å². The lowest BCUT2D eigenvalue weighted by atomic mass is 9.82. The summed E-state index contributed by atoms with van der Waals surface area (Å²) in [5, 5.41) is 3.61. The molecule has 2 nitrogen and oxygen atoms in total. The van der Waals surface area contributed by atoms with Crippen LogP contribution in [0.3, 0.4) is 0 Å². The minimum absolute atomic E-state index is 0.611. The summed E-state index contributed by atoms with van der Waals surface area (Å²) < 4.78 is 0. The number of hydrogen-bond acceptors (Lipinski definition) is 2. The number of nitrogens with zero attached hydrogens (tertiary/aromatic N) is 1. The van der Waals surface area contributed by atoms with E-state index in [0.717, 1.165) is 12.5 Å². The van der Waals surface area contributed by atoms with E-state index in [4.69, 9.17) is 0 Å². The highest BCUT2D eigenvalue weighted by Gasteiger charge is 2.35. The van der Waals surface area contributed by atoms with Crippen LogP contribution in [0.2, 0.25) is 0 Å². The number of nitrogens with one attached hydrogen (secondary N) is 1. The van der Waals surface area contributed by atoms with Crippen LogP contribution in [0.25, 0.3) is 0 Å². The van der Waals surface area contributed by atoms with E-state index >= 15 is 0 Å². The minimum atomic E-state index is 0.611. The van der Waals surface area contributed by atoms with Crippen LogP contribution in [-0.4, -0.2) is 31.1 Å². The van der Waals surface area contributed by atoms with E-state index in [-0.39, 0.29) is 0 Å².